The molecule has 0 saturated carbocycles. The highest BCUT2D eigenvalue weighted by molar-refractivity contribution is 5.92. The number of hydrogen-bond donors (Lipinski definition) is 4. The van der Waals surface area contributed by atoms with Crippen molar-refractivity contribution in [3.05, 3.63) is 0 Å². The smallest absolute Gasteiger partial charge is 0.245 e. The van der Waals surface area contributed by atoms with Crippen molar-refractivity contribution in [2.45, 2.75) is 45.6 Å². The topological polar surface area (TPSA) is 160 Å². The molecule has 0 aromatic rings. The number of aliphatic imine (C=N–C) groups is 1. The molecule has 0 rings (SSSR count). The average molecular weight is 394 g/mol. The van der Waals surface area contributed by atoms with Gasteiger partial charge in [-0.3, -0.25) is 24.2 Å². The third-order valence-corrected chi connectivity index (χ3v) is 3.51. The molecule has 0 saturated heterocycles. The lowest BCUT2D eigenvalue weighted by Gasteiger charge is -2.27. The van der Waals surface area contributed by atoms with Crippen molar-refractivity contribution in [2.24, 2.45) is 16.5 Å². The fourth-order valence-corrected chi connectivity index (χ4v) is 2.37. The monoisotopic (exact) mass is 394 g/mol. The molecule has 0 aliphatic rings. The molecule has 0 heterocycles. The molecule has 6 N–H and O–H groups in total. The molecule has 3 amide bonds. The van der Waals surface area contributed by atoms with Gasteiger partial charge >= 0.3 is 0 Å². The van der Waals surface area contributed by atoms with E-state index in [1.54, 1.807) is 0 Å². The van der Waals surface area contributed by atoms with Gasteiger partial charge in [0.15, 0.2) is 5.96 Å². The molecule has 0 aromatic carbocycles. The highest BCUT2D eigenvalue weighted by Crippen LogP contribution is 2.05. The van der Waals surface area contributed by atoms with Crippen LogP contribution < -0.4 is 22.1 Å². The standard InChI is InChI=1S/C18H30N6O4/c1-4-7-15(26)22-11-16(27)23-14(8-6-9-21-18(19)20)17(28)24(10-5-2)12-13(3)25/h1,14H,5-12H2,2-3H3,(H,22,26)(H,23,27)(H4,19,20,21). The van der Waals surface area contributed by atoms with Crippen LogP contribution in [0.3, 0.4) is 0 Å². The predicted molar refractivity (Wildman–Crippen MR) is 106 cm³/mol. The molecule has 0 aliphatic carbocycles. The Hall–Kier alpha value is -3.09. The number of hydrogen-bond acceptors (Lipinski definition) is 5. The summed E-state index contributed by atoms with van der Waals surface area (Å²) in [7, 11) is 0. The fourth-order valence-electron chi connectivity index (χ4n) is 2.37. The summed E-state index contributed by atoms with van der Waals surface area (Å²) in [6, 6.07) is -0.864. The molecule has 0 spiro atoms. The normalized spacial score (nSPS) is 10.9. The van der Waals surface area contributed by atoms with Gasteiger partial charge in [0.05, 0.1) is 19.5 Å². The van der Waals surface area contributed by atoms with Gasteiger partial charge in [-0.25, -0.2) is 0 Å². The molecule has 1 atom stereocenters. The molecule has 0 fully saturated rings. The van der Waals surface area contributed by atoms with E-state index >= 15 is 0 Å². The average Bonchev–Trinajstić information content (AvgIpc) is 2.61. The lowest BCUT2D eigenvalue weighted by molar-refractivity contribution is -0.139. The molecule has 156 valence electrons. The summed E-state index contributed by atoms with van der Waals surface area (Å²) >= 11 is 0. The van der Waals surface area contributed by atoms with Crippen LogP contribution in [-0.2, 0) is 19.2 Å². The van der Waals surface area contributed by atoms with E-state index < -0.39 is 17.9 Å². The van der Waals surface area contributed by atoms with E-state index in [0.717, 1.165) is 0 Å². The maximum absolute atomic E-state index is 12.8. The van der Waals surface area contributed by atoms with Gasteiger partial charge in [-0.05, 0) is 26.2 Å². The largest absolute Gasteiger partial charge is 0.370 e. The van der Waals surface area contributed by atoms with Crippen LogP contribution in [0.2, 0.25) is 0 Å². The van der Waals surface area contributed by atoms with Gasteiger partial charge in [0, 0.05) is 13.1 Å². The Morgan fingerprint density at radius 1 is 1.21 bits per heavy atom. The van der Waals surface area contributed by atoms with Crippen molar-refractivity contribution in [1.82, 2.24) is 15.5 Å². The fraction of sp³-hybridized carbons (Fsp3) is 0.611. The highest BCUT2D eigenvalue weighted by Gasteiger charge is 2.26. The van der Waals surface area contributed by atoms with Crippen LogP contribution in [-0.4, -0.2) is 66.6 Å². The molecule has 28 heavy (non-hydrogen) atoms. The summed E-state index contributed by atoms with van der Waals surface area (Å²) in [6.07, 6.45) is 6.27. The SMILES string of the molecule is C#CCC(=O)NCC(=O)NC(CCCN=C(N)N)C(=O)N(CCC)CC(C)=O. The molecule has 0 bridgehead atoms. The van der Waals surface area contributed by atoms with Gasteiger partial charge in [-0.15, -0.1) is 6.42 Å². The highest BCUT2D eigenvalue weighted by atomic mass is 16.2. The maximum atomic E-state index is 12.8. The summed E-state index contributed by atoms with van der Waals surface area (Å²) in [5.74, 6) is 0.582. The number of Topliss-reactive ketones (excluding diaryl/α,β-unsaturated/α-hetero) is 1. The van der Waals surface area contributed by atoms with E-state index in [4.69, 9.17) is 17.9 Å². The van der Waals surface area contributed by atoms with Crippen LogP contribution in [0, 0.1) is 12.3 Å². The number of nitrogens with two attached hydrogens (primary N) is 2. The van der Waals surface area contributed by atoms with Crippen LogP contribution in [0.15, 0.2) is 4.99 Å². The zero-order chi connectivity index (χ0) is 21.5. The minimum Gasteiger partial charge on any atom is -0.370 e. The zero-order valence-corrected chi connectivity index (χ0v) is 16.5. The molecule has 0 aliphatic heterocycles. The van der Waals surface area contributed by atoms with Crippen molar-refractivity contribution in [2.75, 3.05) is 26.2 Å². The van der Waals surface area contributed by atoms with Crippen molar-refractivity contribution in [3.63, 3.8) is 0 Å². The molecule has 0 radical (unpaired) electrons. The maximum Gasteiger partial charge on any atom is 0.245 e. The Labute approximate surface area is 165 Å². The van der Waals surface area contributed by atoms with Crippen molar-refractivity contribution >= 4 is 29.5 Å². The van der Waals surface area contributed by atoms with Crippen LogP contribution >= 0.6 is 0 Å². The van der Waals surface area contributed by atoms with Gasteiger partial charge in [0.1, 0.15) is 11.8 Å². The molecule has 0 aromatic heterocycles. The molecule has 10 heteroatoms. The second kappa shape index (κ2) is 14.0. The van der Waals surface area contributed by atoms with E-state index in [-0.39, 0.29) is 43.6 Å². The van der Waals surface area contributed by atoms with Crippen LogP contribution in [0.25, 0.3) is 0 Å². The summed E-state index contributed by atoms with van der Waals surface area (Å²) < 4.78 is 0. The Morgan fingerprint density at radius 2 is 1.89 bits per heavy atom. The molecule has 1 unspecified atom stereocenters. The quantitative estimate of drug-likeness (QED) is 0.129. The lowest BCUT2D eigenvalue weighted by atomic mass is 10.1. The van der Waals surface area contributed by atoms with Crippen molar-refractivity contribution in [1.29, 1.82) is 0 Å². The van der Waals surface area contributed by atoms with Crippen LogP contribution in [0.4, 0.5) is 0 Å². The lowest BCUT2D eigenvalue weighted by Crippen LogP contribution is -2.51. The van der Waals surface area contributed by atoms with E-state index in [2.05, 4.69) is 21.5 Å². The minimum atomic E-state index is -0.864. The molecular formula is C18H30N6O4. The number of terminal acetylenes is 1. The summed E-state index contributed by atoms with van der Waals surface area (Å²) in [5, 5.41) is 4.96. The van der Waals surface area contributed by atoms with E-state index in [1.807, 2.05) is 6.92 Å². The van der Waals surface area contributed by atoms with Gasteiger partial charge in [-0.1, -0.05) is 12.8 Å². The molecular weight excluding hydrogens is 364 g/mol. The molecule has 10 nitrogen and oxygen atoms in total. The first kappa shape index (κ1) is 24.9. The van der Waals surface area contributed by atoms with Crippen LogP contribution in [0.5, 0.6) is 0 Å². The first-order valence-corrected chi connectivity index (χ1v) is 9.04. The Kier molecular flexibility index (Phi) is 12.5. The number of guanidine groups is 1. The minimum absolute atomic E-state index is 0.0359. The zero-order valence-electron chi connectivity index (χ0n) is 16.5. The first-order valence-electron chi connectivity index (χ1n) is 9.04. The van der Waals surface area contributed by atoms with Crippen LogP contribution in [0.1, 0.15) is 39.5 Å². The number of ketones is 1. The summed E-state index contributed by atoms with van der Waals surface area (Å²) in [6.45, 7) is 3.61. The third-order valence-electron chi connectivity index (χ3n) is 3.51. The van der Waals surface area contributed by atoms with E-state index in [1.165, 1.54) is 11.8 Å². The van der Waals surface area contributed by atoms with Crippen molar-refractivity contribution < 1.29 is 19.2 Å². The number of carbonyl (C=O) groups excluding carboxylic acids is 4. The Morgan fingerprint density at radius 3 is 2.43 bits per heavy atom. The number of carbonyl (C=O) groups is 4. The first-order chi connectivity index (χ1) is 13.2. The third kappa shape index (κ3) is 11.5. The van der Waals surface area contributed by atoms with Gasteiger partial charge in [0.25, 0.3) is 0 Å². The Bertz CT molecular complexity index is 622. The second-order valence-corrected chi connectivity index (χ2v) is 6.19. The van der Waals surface area contributed by atoms with Crippen molar-refractivity contribution in [3.8, 4) is 12.3 Å². The summed E-state index contributed by atoms with van der Waals surface area (Å²) in [5.41, 5.74) is 10.6. The van der Waals surface area contributed by atoms with E-state index in [9.17, 15) is 19.2 Å². The van der Waals surface area contributed by atoms with Gasteiger partial charge < -0.3 is 27.0 Å². The summed E-state index contributed by atoms with van der Waals surface area (Å²) in [4.78, 5) is 53.1. The predicted octanol–water partition coefficient (Wildman–Crippen LogP) is -1.51. The second-order valence-electron chi connectivity index (χ2n) is 6.19. The Balaban J connectivity index is 5.05. The number of nitrogens with zero attached hydrogens (tertiary/aromatic N) is 2. The van der Waals surface area contributed by atoms with E-state index in [0.29, 0.717) is 25.9 Å². The number of amides is 3. The number of rotatable bonds is 13. The van der Waals surface area contributed by atoms with Gasteiger partial charge in [-0.2, -0.15) is 0 Å². The van der Waals surface area contributed by atoms with Gasteiger partial charge in [0.2, 0.25) is 17.7 Å². The number of nitrogens with one attached hydrogen (secondary N) is 2.